The predicted molar refractivity (Wildman–Crippen MR) is 68.2 cm³/mol. The van der Waals surface area contributed by atoms with E-state index in [2.05, 4.69) is 13.0 Å². The largest absolute Gasteiger partial charge is 0.381 e. The summed E-state index contributed by atoms with van der Waals surface area (Å²) in [5, 5.41) is 8.81. The van der Waals surface area contributed by atoms with Crippen LogP contribution in [-0.2, 0) is 4.74 Å². The summed E-state index contributed by atoms with van der Waals surface area (Å²) in [6, 6.07) is 2.29. The molecule has 0 heterocycles. The van der Waals surface area contributed by atoms with E-state index in [0.717, 1.165) is 26.1 Å². The number of nitriles is 1. The van der Waals surface area contributed by atoms with Gasteiger partial charge in [-0.3, -0.25) is 0 Å². The van der Waals surface area contributed by atoms with Crippen molar-refractivity contribution in [2.75, 3.05) is 13.2 Å². The maximum atomic E-state index is 8.81. The molecule has 0 aliphatic heterocycles. The van der Waals surface area contributed by atoms with Crippen molar-refractivity contribution >= 4 is 0 Å². The molecule has 2 nitrogen and oxygen atoms in total. The van der Waals surface area contributed by atoms with Crippen molar-refractivity contribution in [1.82, 2.24) is 0 Å². The van der Waals surface area contributed by atoms with E-state index in [1.807, 2.05) is 13.8 Å². The molecule has 0 radical (unpaired) electrons. The summed E-state index contributed by atoms with van der Waals surface area (Å²) in [6.45, 7) is 7.73. The molecule has 0 spiro atoms. The zero-order valence-corrected chi connectivity index (χ0v) is 11.2. The van der Waals surface area contributed by atoms with Gasteiger partial charge < -0.3 is 4.74 Å². The van der Waals surface area contributed by atoms with E-state index in [1.165, 1.54) is 32.1 Å². The first-order valence-corrected chi connectivity index (χ1v) is 6.61. The third kappa shape index (κ3) is 9.98. The van der Waals surface area contributed by atoms with Crippen LogP contribution in [0, 0.1) is 16.7 Å². The number of unbranched alkanes of at least 4 members (excludes halogenated alkanes) is 5. The first-order chi connectivity index (χ1) is 7.62. The van der Waals surface area contributed by atoms with Crippen molar-refractivity contribution in [2.45, 2.75) is 65.7 Å². The van der Waals surface area contributed by atoms with Gasteiger partial charge in [-0.1, -0.05) is 39.0 Å². The Balaban J connectivity index is 3.14. The van der Waals surface area contributed by atoms with Gasteiger partial charge in [-0.15, -0.1) is 0 Å². The topological polar surface area (TPSA) is 33.0 Å². The third-order valence-electron chi connectivity index (χ3n) is 2.82. The van der Waals surface area contributed by atoms with Crippen molar-refractivity contribution in [3.63, 3.8) is 0 Å². The van der Waals surface area contributed by atoms with E-state index >= 15 is 0 Å². The maximum Gasteiger partial charge on any atom is 0.0684 e. The summed E-state index contributed by atoms with van der Waals surface area (Å²) in [4.78, 5) is 0. The van der Waals surface area contributed by atoms with Crippen molar-refractivity contribution in [1.29, 1.82) is 5.26 Å². The van der Waals surface area contributed by atoms with Gasteiger partial charge in [-0.2, -0.15) is 5.26 Å². The fourth-order valence-corrected chi connectivity index (χ4v) is 1.47. The minimum absolute atomic E-state index is 0.235. The van der Waals surface area contributed by atoms with Crippen LogP contribution in [0.3, 0.4) is 0 Å². The number of rotatable bonds is 10. The molecule has 0 saturated heterocycles. The van der Waals surface area contributed by atoms with Crippen LogP contribution < -0.4 is 0 Å². The van der Waals surface area contributed by atoms with Crippen LogP contribution in [0.1, 0.15) is 65.7 Å². The fourth-order valence-electron chi connectivity index (χ4n) is 1.47. The van der Waals surface area contributed by atoms with E-state index in [1.54, 1.807) is 0 Å². The van der Waals surface area contributed by atoms with E-state index in [0.29, 0.717) is 0 Å². The van der Waals surface area contributed by atoms with E-state index in [9.17, 15) is 0 Å². The SMILES string of the molecule is CCCCCCCCOCCC(C)(C)C#N. The quantitative estimate of drug-likeness (QED) is 0.519. The molecular weight excluding hydrogens is 198 g/mol. The van der Waals surface area contributed by atoms with Crippen LogP contribution >= 0.6 is 0 Å². The summed E-state index contributed by atoms with van der Waals surface area (Å²) in [6.07, 6.45) is 8.63. The van der Waals surface area contributed by atoms with Crippen molar-refractivity contribution in [3.05, 3.63) is 0 Å². The molecule has 0 bridgehead atoms. The van der Waals surface area contributed by atoms with Gasteiger partial charge in [-0.05, 0) is 26.7 Å². The van der Waals surface area contributed by atoms with Crippen LogP contribution in [0.4, 0.5) is 0 Å². The highest BCUT2D eigenvalue weighted by molar-refractivity contribution is 4.91. The van der Waals surface area contributed by atoms with Crippen LogP contribution in [0.15, 0.2) is 0 Å². The Bertz CT molecular complexity index is 193. The van der Waals surface area contributed by atoms with Crippen molar-refractivity contribution < 1.29 is 4.74 Å². The summed E-state index contributed by atoms with van der Waals surface area (Å²) in [5.74, 6) is 0. The second-order valence-corrected chi connectivity index (χ2v) is 5.13. The lowest BCUT2D eigenvalue weighted by molar-refractivity contribution is 0.111. The molecule has 0 aromatic rings. The summed E-state index contributed by atoms with van der Waals surface area (Å²) < 4.78 is 5.53. The lowest BCUT2D eigenvalue weighted by Gasteiger charge is -2.14. The zero-order valence-electron chi connectivity index (χ0n) is 11.2. The minimum atomic E-state index is -0.235. The van der Waals surface area contributed by atoms with Crippen LogP contribution in [-0.4, -0.2) is 13.2 Å². The Kier molecular flexibility index (Phi) is 9.33. The Morgan fingerprint density at radius 1 is 1.00 bits per heavy atom. The molecule has 0 aromatic carbocycles. The van der Waals surface area contributed by atoms with Crippen LogP contribution in [0.25, 0.3) is 0 Å². The molecule has 94 valence electrons. The first-order valence-electron chi connectivity index (χ1n) is 6.61. The average Bonchev–Trinajstić information content (AvgIpc) is 2.27. The van der Waals surface area contributed by atoms with Gasteiger partial charge >= 0.3 is 0 Å². The second-order valence-electron chi connectivity index (χ2n) is 5.13. The van der Waals surface area contributed by atoms with Crippen LogP contribution in [0.5, 0.6) is 0 Å². The molecule has 0 rings (SSSR count). The molecule has 2 heteroatoms. The molecule has 0 aliphatic rings. The molecule has 0 aromatic heterocycles. The standard InChI is InChI=1S/C14H27NO/c1-4-5-6-7-8-9-11-16-12-10-14(2,3)13-15/h4-12H2,1-3H3. The van der Waals surface area contributed by atoms with E-state index < -0.39 is 0 Å². The normalized spacial score (nSPS) is 11.4. The smallest absolute Gasteiger partial charge is 0.0684 e. The van der Waals surface area contributed by atoms with Gasteiger partial charge in [-0.25, -0.2) is 0 Å². The summed E-state index contributed by atoms with van der Waals surface area (Å²) >= 11 is 0. The minimum Gasteiger partial charge on any atom is -0.381 e. The predicted octanol–water partition coefficient (Wildman–Crippen LogP) is 4.30. The van der Waals surface area contributed by atoms with Gasteiger partial charge in [0, 0.05) is 13.2 Å². The Hall–Kier alpha value is -0.550. The van der Waals surface area contributed by atoms with E-state index in [4.69, 9.17) is 10.00 Å². The lowest BCUT2D eigenvalue weighted by Crippen LogP contribution is -2.12. The van der Waals surface area contributed by atoms with E-state index in [-0.39, 0.29) is 5.41 Å². The van der Waals surface area contributed by atoms with Gasteiger partial charge in [0.25, 0.3) is 0 Å². The van der Waals surface area contributed by atoms with Gasteiger partial charge in [0.1, 0.15) is 0 Å². The summed E-state index contributed by atoms with van der Waals surface area (Å²) in [5.41, 5.74) is -0.235. The molecule has 0 amide bonds. The molecule has 0 unspecified atom stereocenters. The number of nitrogens with zero attached hydrogens (tertiary/aromatic N) is 1. The number of ether oxygens (including phenoxy) is 1. The molecule has 0 atom stereocenters. The Labute approximate surface area is 101 Å². The van der Waals surface area contributed by atoms with Crippen molar-refractivity contribution in [3.8, 4) is 6.07 Å². The number of hydrogen-bond acceptors (Lipinski definition) is 2. The lowest BCUT2D eigenvalue weighted by atomic mass is 9.92. The molecule has 0 fully saturated rings. The fraction of sp³-hybridized carbons (Fsp3) is 0.929. The zero-order chi connectivity index (χ0) is 12.3. The molecule has 0 N–H and O–H groups in total. The first kappa shape index (κ1) is 15.4. The second kappa shape index (κ2) is 9.66. The van der Waals surface area contributed by atoms with Gasteiger partial charge in [0.15, 0.2) is 0 Å². The average molecular weight is 225 g/mol. The van der Waals surface area contributed by atoms with Crippen LogP contribution in [0.2, 0.25) is 0 Å². The molecule has 0 saturated carbocycles. The Morgan fingerprint density at radius 3 is 2.25 bits per heavy atom. The Morgan fingerprint density at radius 2 is 1.62 bits per heavy atom. The van der Waals surface area contributed by atoms with Gasteiger partial charge in [0.05, 0.1) is 11.5 Å². The maximum absolute atomic E-state index is 8.81. The monoisotopic (exact) mass is 225 g/mol. The highest BCUT2D eigenvalue weighted by atomic mass is 16.5. The number of hydrogen-bond donors (Lipinski definition) is 0. The van der Waals surface area contributed by atoms with Gasteiger partial charge in [0.2, 0.25) is 0 Å². The van der Waals surface area contributed by atoms with Crippen molar-refractivity contribution in [2.24, 2.45) is 5.41 Å². The highest BCUT2D eigenvalue weighted by Crippen LogP contribution is 2.18. The molecular formula is C14H27NO. The molecule has 0 aliphatic carbocycles. The summed E-state index contributed by atoms with van der Waals surface area (Å²) in [7, 11) is 0. The highest BCUT2D eigenvalue weighted by Gasteiger charge is 2.15. The third-order valence-corrected chi connectivity index (χ3v) is 2.82. The molecule has 16 heavy (non-hydrogen) atoms.